The Bertz CT molecular complexity index is 567. The number of nitrogens with zero attached hydrogens (tertiary/aromatic N) is 2. The third kappa shape index (κ3) is 5.40. The topological polar surface area (TPSA) is 130 Å². The van der Waals surface area contributed by atoms with E-state index < -0.39 is 24.5 Å². The van der Waals surface area contributed by atoms with Crippen LogP contribution in [0.2, 0.25) is 0 Å². The summed E-state index contributed by atoms with van der Waals surface area (Å²) in [5.41, 5.74) is 6.15. The fourth-order valence-corrected chi connectivity index (χ4v) is 5.69. The molecule has 0 aromatic heterocycles. The first kappa shape index (κ1) is 23.7. The van der Waals surface area contributed by atoms with Crippen LogP contribution in [0.1, 0.15) is 39.0 Å². The van der Waals surface area contributed by atoms with E-state index >= 15 is 0 Å². The molecule has 1 aliphatic carbocycles. The van der Waals surface area contributed by atoms with E-state index in [-0.39, 0.29) is 18.4 Å². The van der Waals surface area contributed by atoms with Gasteiger partial charge in [-0.15, -0.1) is 0 Å². The van der Waals surface area contributed by atoms with Gasteiger partial charge in [0.2, 0.25) is 0 Å². The maximum absolute atomic E-state index is 10.7. The van der Waals surface area contributed by atoms with Gasteiger partial charge in [0.1, 0.15) is 24.5 Å². The van der Waals surface area contributed by atoms with Crippen LogP contribution in [-0.2, 0) is 4.74 Å². The van der Waals surface area contributed by atoms with Gasteiger partial charge in [-0.3, -0.25) is 16.0 Å². The zero-order valence-corrected chi connectivity index (χ0v) is 19.0. The molecule has 4 aliphatic rings. The summed E-state index contributed by atoms with van der Waals surface area (Å²) in [6.07, 6.45) is 3.77. The van der Waals surface area contributed by atoms with Crippen molar-refractivity contribution in [2.24, 2.45) is 11.7 Å². The van der Waals surface area contributed by atoms with Crippen LogP contribution in [0.25, 0.3) is 0 Å². The zero-order valence-electron chi connectivity index (χ0n) is 19.0. The predicted octanol–water partition coefficient (Wildman–Crippen LogP) is -2.08. The van der Waals surface area contributed by atoms with E-state index in [1.807, 2.05) is 11.9 Å². The second-order valence-electron chi connectivity index (χ2n) is 9.91. The highest BCUT2D eigenvalue weighted by Crippen LogP contribution is 2.29. The molecule has 0 bridgehead atoms. The third-order valence-electron chi connectivity index (χ3n) is 7.72. The van der Waals surface area contributed by atoms with Gasteiger partial charge in [-0.2, -0.15) is 0 Å². The van der Waals surface area contributed by atoms with Crippen LogP contribution in [0.3, 0.4) is 0 Å². The maximum Gasteiger partial charge on any atom is 0.142 e. The molecule has 3 heterocycles. The molecule has 0 amide bonds. The first-order chi connectivity index (χ1) is 15.0. The molecule has 0 aromatic rings. The summed E-state index contributed by atoms with van der Waals surface area (Å²) >= 11 is 0. The summed E-state index contributed by atoms with van der Waals surface area (Å²) in [5, 5.41) is 35.0. The van der Waals surface area contributed by atoms with Crippen molar-refractivity contribution in [3.05, 3.63) is 0 Å². The van der Waals surface area contributed by atoms with Crippen molar-refractivity contribution in [2.75, 3.05) is 40.0 Å². The number of nitrogens with one attached hydrogen (secondary N) is 4. The number of hydrogen-bond acceptors (Lipinski definition) is 10. The highest BCUT2D eigenvalue weighted by molar-refractivity contribution is 5.01. The standard InChI is InChI=1S/C21H43N7O3/c1-13(14-6-4-3-5-7-14)23-8-9-27(2)10-15-17(29)18(30)21(31-15)28-12-26-16-19(22)24-11-25-20(16)28/h13-21,23-26,29-30H,3-12,22H2,1-2H3/t13?,15-,16?,17-,18-,19?,20?,21-/m1/s1. The number of fused-ring (bicyclic) bond motifs is 1. The molecule has 3 saturated heterocycles. The van der Waals surface area contributed by atoms with Crippen LogP contribution in [0.15, 0.2) is 0 Å². The Morgan fingerprint density at radius 2 is 1.94 bits per heavy atom. The van der Waals surface area contributed by atoms with E-state index in [2.05, 4.69) is 33.1 Å². The zero-order chi connectivity index (χ0) is 22.0. The van der Waals surface area contributed by atoms with Gasteiger partial charge in [0.25, 0.3) is 0 Å². The van der Waals surface area contributed by atoms with Gasteiger partial charge in [0.15, 0.2) is 0 Å². The van der Waals surface area contributed by atoms with E-state index in [4.69, 9.17) is 10.5 Å². The highest BCUT2D eigenvalue weighted by atomic mass is 16.6. The molecule has 10 nitrogen and oxygen atoms in total. The molecule has 4 rings (SSSR count). The normalized spacial score (nSPS) is 41.0. The number of aliphatic hydroxyl groups is 2. The van der Waals surface area contributed by atoms with Crippen molar-refractivity contribution >= 4 is 0 Å². The summed E-state index contributed by atoms with van der Waals surface area (Å²) < 4.78 is 6.17. The van der Waals surface area contributed by atoms with Gasteiger partial charge >= 0.3 is 0 Å². The number of rotatable bonds is 8. The quantitative estimate of drug-likeness (QED) is 0.225. The summed E-state index contributed by atoms with van der Waals surface area (Å²) in [6, 6.07) is 0.577. The highest BCUT2D eigenvalue weighted by Gasteiger charge is 2.51. The monoisotopic (exact) mass is 441 g/mol. The van der Waals surface area contributed by atoms with Gasteiger partial charge < -0.3 is 30.9 Å². The predicted molar refractivity (Wildman–Crippen MR) is 119 cm³/mol. The maximum atomic E-state index is 10.7. The van der Waals surface area contributed by atoms with Crippen LogP contribution in [0.4, 0.5) is 0 Å². The average Bonchev–Trinajstić information content (AvgIpc) is 3.32. The van der Waals surface area contributed by atoms with Crippen molar-refractivity contribution < 1.29 is 14.9 Å². The second kappa shape index (κ2) is 10.7. The van der Waals surface area contributed by atoms with Gasteiger partial charge in [-0.25, -0.2) is 4.90 Å². The fraction of sp³-hybridized carbons (Fsp3) is 1.00. The van der Waals surface area contributed by atoms with Crippen molar-refractivity contribution in [3.8, 4) is 0 Å². The first-order valence-electron chi connectivity index (χ1n) is 12.1. The Morgan fingerprint density at radius 3 is 2.71 bits per heavy atom. The van der Waals surface area contributed by atoms with Gasteiger partial charge in [0.05, 0.1) is 25.0 Å². The molecule has 8 N–H and O–H groups in total. The van der Waals surface area contributed by atoms with Gasteiger partial charge in [-0.1, -0.05) is 19.3 Å². The van der Waals surface area contributed by atoms with Gasteiger partial charge in [0, 0.05) is 32.3 Å². The van der Waals surface area contributed by atoms with Crippen molar-refractivity contribution in [2.45, 2.75) is 88.0 Å². The lowest BCUT2D eigenvalue weighted by Gasteiger charge is -2.38. The van der Waals surface area contributed by atoms with E-state index in [1.54, 1.807) is 0 Å². The molecule has 10 heteroatoms. The minimum atomic E-state index is -0.948. The van der Waals surface area contributed by atoms with E-state index in [0.29, 0.717) is 25.9 Å². The van der Waals surface area contributed by atoms with E-state index in [1.165, 1.54) is 32.1 Å². The summed E-state index contributed by atoms with van der Waals surface area (Å²) in [5.74, 6) is 0.796. The Morgan fingerprint density at radius 1 is 1.16 bits per heavy atom. The Balaban J connectivity index is 1.22. The minimum Gasteiger partial charge on any atom is -0.387 e. The lowest BCUT2D eigenvalue weighted by atomic mass is 9.84. The number of ether oxygens (including phenoxy) is 1. The molecule has 31 heavy (non-hydrogen) atoms. The Hall–Kier alpha value is -0.400. The smallest absolute Gasteiger partial charge is 0.142 e. The SMILES string of the molecule is CC(NCCN(C)C[C@H]1O[C@@H](N2CNC3C(N)NCNC32)[C@H](O)[C@@H]1O)C1CCCCC1. The molecule has 1 saturated carbocycles. The lowest BCUT2D eigenvalue weighted by Crippen LogP contribution is -2.68. The number of likely N-dealkylation sites (N-methyl/N-ethyl adjacent to an activating group) is 1. The summed E-state index contributed by atoms with van der Waals surface area (Å²) in [4.78, 5) is 4.21. The molecular weight excluding hydrogens is 398 g/mol. The largest absolute Gasteiger partial charge is 0.387 e. The van der Waals surface area contributed by atoms with Crippen molar-refractivity contribution in [1.82, 2.24) is 31.1 Å². The van der Waals surface area contributed by atoms with Crippen LogP contribution < -0.4 is 27.0 Å². The van der Waals surface area contributed by atoms with E-state index in [0.717, 1.165) is 19.0 Å². The van der Waals surface area contributed by atoms with E-state index in [9.17, 15) is 10.2 Å². The summed E-state index contributed by atoms with van der Waals surface area (Å²) in [6.45, 7) is 5.83. The van der Waals surface area contributed by atoms with Crippen LogP contribution in [0.5, 0.6) is 0 Å². The Labute approximate surface area is 186 Å². The van der Waals surface area contributed by atoms with Gasteiger partial charge in [-0.05, 0) is 32.7 Å². The lowest BCUT2D eigenvalue weighted by molar-refractivity contribution is -0.106. The van der Waals surface area contributed by atoms with Crippen LogP contribution in [0, 0.1) is 5.92 Å². The molecule has 180 valence electrons. The molecule has 0 radical (unpaired) electrons. The molecular formula is C21H43N7O3. The minimum absolute atomic E-state index is 0.0284. The fourth-order valence-electron chi connectivity index (χ4n) is 5.69. The van der Waals surface area contributed by atoms with Crippen LogP contribution >= 0.6 is 0 Å². The number of hydrogen-bond donors (Lipinski definition) is 7. The number of nitrogens with two attached hydrogens (primary N) is 1. The first-order valence-corrected chi connectivity index (χ1v) is 12.1. The number of aliphatic hydroxyl groups excluding tert-OH is 2. The molecule has 3 aliphatic heterocycles. The molecule has 4 fully saturated rings. The van der Waals surface area contributed by atoms with Crippen molar-refractivity contribution in [1.29, 1.82) is 0 Å². The third-order valence-corrected chi connectivity index (χ3v) is 7.72. The van der Waals surface area contributed by atoms with Crippen molar-refractivity contribution in [3.63, 3.8) is 0 Å². The molecule has 0 aromatic carbocycles. The molecule has 8 atom stereocenters. The average molecular weight is 442 g/mol. The Kier molecular flexibility index (Phi) is 8.19. The molecule has 0 spiro atoms. The second-order valence-corrected chi connectivity index (χ2v) is 9.91. The summed E-state index contributed by atoms with van der Waals surface area (Å²) in [7, 11) is 2.05. The van der Waals surface area contributed by atoms with Crippen LogP contribution in [-0.4, -0.2) is 109 Å². The molecule has 4 unspecified atom stereocenters.